The summed E-state index contributed by atoms with van der Waals surface area (Å²) < 4.78 is 5.26. The Kier molecular flexibility index (Phi) is 8.81. The summed E-state index contributed by atoms with van der Waals surface area (Å²) in [5, 5.41) is 8.07. The lowest BCUT2D eigenvalue weighted by Crippen LogP contribution is -2.37. The third kappa shape index (κ3) is 6.84. The lowest BCUT2D eigenvalue weighted by atomic mass is 9.77. The zero-order valence-electron chi connectivity index (χ0n) is 23.5. The fraction of sp³-hybridized carbons (Fsp3) is 0.412. The first-order valence-corrected chi connectivity index (χ1v) is 14.7. The molecule has 5 rings (SSSR count). The van der Waals surface area contributed by atoms with Crippen LogP contribution in [0.25, 0.3) is 10.8 Å². The summed E-state index contributed by atoms with van der Waals surface area (Å²) in [5.41, 5.74) is 0.614. The minimum atomic E-state index is -0.883. The molecule has 0 aromatic heterocycles. The summed E-state index contributed by atoms with van der Waals surface area (Å²) in [6.07, 6.45) is 4.92. The van der Waals surface area contributed by atoms with E-state index in [1.807, 2.05) is 42.5 Å². The molecule has 0 saturated carbocycles. The number of benzene rings is 3. The molecule has 2 heterocycles. The number of aryl methyl sites for hydroxylation is 2. The largest absolute Gasteiger partial charge is 0.393 e. The molecule has 0 spiro atoms. The Morgan fingerprint density at radius 3 is 1.76 bits per heavy atom. The first-order valence-electron chi connectivity index (χ1n) is 14.7. The summed E-state index contributed by atoms with van der Waals surface area (Å²) >= 11 is 0. The highest BCUT2D eigenvalue weighted by atomic mass is 16.6. The molecule has 2 aliphatic rings. The molecule has 3 aromatic rings. The van der Waals surface area contributed by atoms with E-state index in [1.165, 1.54) is 21.9 Å². The van der Waals surface area contributed by atoms with Crippen molar-refractivity contribution in [2.24, 2.45) is 10.8 Å². The van der Waals surface area contributed by atoms with Gasteiger partial charge in [-0.3, -0.25) is 19.2 Å². The van der Waals surface area contributed by atoms with Crippen molar-refractivity contribution in [3.8, 4) is 0 Å². The van der Waals surface area contributed by atoms with Gasteiger partial charge in [0.1, 0.15) is 0 Å². The Balaban J connectivity index is 1.16. The van der Waals surface area contributed by atoms with Crippen LogP contribution >= 0.6 is 0 Å². The van der Waals surface area contributed by atoms with Gasteiger partial charge in [0.25, 0.3) is 0 Å². The number of hydrogen-bond donors (Lipinski definition) is 2. The SMILES string of the molecule is O=C(CC1(CCCc2ccccc2)CCNC1=O)OC(=O)CC1(CCCc2ccc3ccccc3c2)CCNC1=O. The van der Waals surface area contributed by atoms with Crippen LogP contribution < -0.4 is 10.6 Å². The van der Waals surface area contributed by atoms with Crippen LogP contribution in [0.2, 0.25) is 0 Å². The molecule has 0 bridgehead atoms. The Morgan fingerprint density at radius 1 is 0.659 bits per heavy atom. The first-order chi connectivity index (χ1) is 19.9. The third-order valence-electron chi connectivity index (χ3n) is 8.83. The molecule has 2 saturated heterocycles. The molecule has 3 aromatic carbocycles. The van der Waals surface area contributed by atoms with Gasteiger partial charge in [-0.15, -0.1) is 0 Å². The van der Waals surface area contributed by atoms with Gasteiger partial charge in [-0.1, -0.05) is 72.8 Å². The minimum Gasteiger partial charge on any atom is -0.393 e. The van der Waals surface area contributed by atoms with E-state index in [0.29, 0.717) is 38.8 Å². The maximum Gasteiger partial charge on any atom is 0.314 e. The molecule has 2 unspecified atom stereocenters. The van der Waals surface area contributed by atoms with Crippen molar-refractivity contribution in [2.75, 3.05) is 13.1 Å². The van der Waals surface area contributed by atoms with E-state index in [-0.39, 0.29) is 24.7 Å². The van der Waals surface area contributed by atoms with Gasteiger partial charge in [0.05, 0.1) is 23.7 Å². The molecule has 2 atom stereocenters. The van der Waals surface area contributed by atoms with Gasteiger partial charge >= 0.3 is 11.9 Å². The Hall–Kier alpha value is -4.00. The van der Waals surface area contributed by atoms with Crippen LogP contribution in [0, 0.1) is 10.8 Å². The van der Waals surface area contributed by atoms with Crippen LogP contribution in [0.1, 0.15) is 62.5 Å². The molecule has 2 amide bonds. The molecule has 41 heavy (non-hydrogen) atoms. The number of carbonyl (C=O) groups excluding carboxylic acids is 4. The van der Waals surface area contributed by atoms with E-state index < -0.39 is 22.8 Å². The first kappa shape index (κ1) is 28.5. The smallest absolute Gasteiger partial charge is 0.314 e. The number of hydrogen-bond acceptors (Lipinski definition) is 5. The minimum absolute atomic E-state index is 0.138. The van der Waals surface area contributed by atoms with Gasteiger partial charge in [0, 0.05) is 13.1 Å². The molecule has 7 heteroatoms. The fourth-order valence-electron chi connectivity index (χ4n) is 6.48. The monoisotopic (exact) mass is 554 g/mol. The molecule has 2 aliphatic heterocycles. The van der Waals surface area contributed by atoms with Crippen LogP contribution in [0.3, 0.4) is 0 Å². The second kappa shape index (κ2) is 12.7. The lowest BCUT2D eigenvalue weighted by molar-refractivity contribution is -0.165. The van der Waals surface area contributed by atoms with Gasteiger partial charge in [0.15, 0.2) is 0 Å². The normalized spacial score (nSPS) is 22.0. The van der Waals surface area contributed by atoms with Crippen LogP contribution in [0.4, 0.5) is 0 Å². The number of ether oxygens (including phenoxy) is 1. The average molecular weight is 555 g/mol. The van der Waals surface area contributed by atoms with E-state index in [4.69, 9.17) is 4.74 Å². The highest BCUT2D eigenvalue weighted by Crippen LogP contribution is 2.39. The second-order valence-electron chi connectivity index (χ2n) is 11.6. The molecule has 7 nitrogen and oxygen atoms in total. The standard InChI is InChI=1S/C34H38N2O5/c37-29(23-33(18-20-35-31(33)39)16-6-10-25-8-2-1-3-9-25)41-30(38)24-34(19-21-36-32(34)40)17-7-11-26-14-15-27-12-4-5-13-28(27)22-26/h1-5,8-9,12-15,22H,6-7,10-11,16-21,23-24H2,(H,35,39)(H,36,40). The van der Waals surface area contributed by atoms with Crippen LogP contribution in [0.5, 0.6) is 0 Å². The van der Waals surface area contributed by atoms with Crippen LogP contribution in [0.15, 0.2) is 72.8 Å². The molecule has 2 N–H and O–H groups in total. The Bertz CT molecular complexity index is 1420. The van der Waals surface area contributed by atoms with Crippen molar-refractivity contribution >= 4 is 34.5 Å². The Morgan fingerprint density at radius 2 is 1.20 bits per heavy atom. The highest BCUT2D eigenvalue weighted by molar-refractivity contribution is 5.94. The van der Waals surface area contributed by atoms with Gasteiger partial charge in [-0.25, -0.2) is 0 Å². The van der Waals surface area contributed by atoms with Crippen LogP contribution in [-0.2, 0) is 36.8 Å². The van der Waals surface area contributed by atoms with Crippen molar-refractivity contribution in [2.45, 2.75) is 64.2 Å². The van der Waals surface area contributed by atoms with Crippen LogP contribution in [-0.4, -0.2) is 36.8 Å². The summed E-state index contributed by atoms with van der Waals surface area (Å²) in [5.74, 6) is -1.71. The molecule has 0 aliphatic carbocycles. The molecule has 214 valence electrons. The number of nitrogens with one attached hydrogen (secondary N) is 2. The molecule has 2 fully saturated rings. The van der Waals surface area contributed by atoms with Crippen molar-refractivity contribution in [1.82, 2.24) is 10.6 Å². The predicted octanol–water partition coefficient (Wildman–Crippen LogP) is 5.05. The van der Waals surface area contributed by atoms with Gasteiger partial charge in [0.2, 0.25) is 11.8 Å². The maximum absolute atomic E-state index is 13.0. The van der Waals surface area contributed by atoms with Gasteiger partial charge in [-0.05, 0) is 73.3 Å². The zero-order valence-corrected chi connectivity index (χ0v) is 23.5. The molecular weight excluding hydrogens is 516 g/mol. The van der Waals surface area contributed by atoms with E-state index in [0.717, 1.165) is 25.7 Å². The molecule has 0 radical (unpaired) electrons. The van der Waals surface area contributed by atoms with E-state index >= 15 is 0 Å². The van der Waals surface area contributed by atoms with Gasteiger partial charge < -0.3 is 15.4 Å². The van der Waals surface area contributed by atoms with E-state index in [2.05, 4.69) is 41.0 Å². The van der Waals surface area contributed by atoms with Crippen molar-refractivity contribution in [3.05, 3.63) is 83.9 Å². The fourth-order valence-corrected chi connectivity index (χ4v) is 6.48. The van der Waals surface area contributed by atoms with Crippen molar-refractivity contribution in [3.63, 3.8) is 0 Å². The lowest BCUT2D eigenvalue weighted by Gasteiger charge is -2.26. The van der Waals surface area contributed by atoms with Crippen molar-refractivity contribution in [1.29, 1.82) is 0 Å². The number of fused-ring (bicyclic) bond motifs is 1. The number of rotatable bonds is 12. The quantitative estimate of drug-likeness (QED) is 0.241. The second-order valence-corrected chi connectivity index (χ2v) is 11.6. The summed E-state index contributed by atoms with van der Waals surface area (Å²) in [6, 6.07) is 24.6. The topological polar surface area (TPSA) is 102 Å². The third-order valence-corrected chi connectivity index (χ3v) is 8.83. The van der Waals surface area contributed by atoms with Gasteiger partial charge in [-0.2, -0.15) is 0 Å². The molecular formula is C34H38N2O5. The van der Waals surface area contributed by atoms with E-state index in [9.17, 15) is 19.2 Å². The Labute approximate surface area is 241 Å². The number of esters is 2. The average Bonchev–Trinajstić information content (AvgIpc) is 3.50. The van der Waals surface area contributed by atoms with E-state index in [1.54, 1.807) is 0 Å². The summed E-state index contributed by atoms with van der Waals surface area (Å²) in [7, 11) is 0. The highest BCUT2D eigenvalue weighted by Gasteiger charge is 2.46. The zero-order chi connectivity index (χ0) is 28.7. The predicted molar refractivity (Wildman–Crippen MR) is 157 cm³/mol. The van der Waals surface area contributed by atoms with Crippen molar-refractivity contribution < 1.29 is 23.9 Å². The maximum atomic E-state index is 13.0. The number of carbonyl (C=O) groups is 4. The summed E-state index contributed by atoms with van der Waals surface area (Å²) in [6.45, 7) is 1.01. The number of amides is 2. The summed E-state index contributed by atoms with van der Waals surface area (Å²) in [4.78, 5) is 51.6.